The number of aromatic nitrogens is 1. The molecule has 3 rings (SSSR count). The van der Waals surface area contributed by atoms with E-state index in [1.54, 1.807) is 36.4 Å². The molecule has 138 valence electrons. The predicted molar refractivity (Wildman–Crippen MR) is 94.9 cm³/mol. The first-order valence-corrected chi connectivity index (χ1v) is 8.03. The Morgan fingerprint density at radius 2 is 1.63 bits per heavy atom. The van der Waals surface area contributed by atoms with Crippen LogP contribution in [-0.2, 0) is 6.18 Å². The third-order valence-electron chi connectivity index (χ3n) is 3.73. The van der Waals surface area contributed by atoms with Gasteiger partial charge in [0.2, 0.25) is 0 Å². The van der Waals surface area contributed by atoms with Crippen molar-refractivity contribution >= 4 is 11.6 Å². The van der Waals surface area contributed by atoms with E-state index in [0.717, 1.165) is 12.1 Å². The molecular weight excluding hydrogens is 357 g/mol. The molecule has 2 aromatic carbocycles. The summed E-state index contributed by atoms with van der Waals surface area (Å²) in [5.41, 5.74) is -0.601. The summed E-state index contributed by atoms with van der Waals surface area (Å²) in [7, 11) is 0. The number of carbonyl (C=O) groups excluding carboxylic acids is 1. The monoisotopic (exact) mass is 372 g/mol. The van der Waals surface area contributed by atoms with Crippen molar-refractivity contribution in [3.05, 3.63) is 83.7 Å². The molecule has 0 aliphatic rings. The first-order chi connectivity index (χ1) is 12.8. The molecule has 27 heavy (non-hydrogen) atoms. The molecule has 1 aromatic heterocycles. The number of rotatable bonds is 4. The molecule has 0 saturated carbocycles. The fourth-order valence-corrected chi connectivity index (χ4v) is 2.42. The number of anilines is 1. The molecular formula is C20H15F3N2O2. The molecule has 0 aliphatic carbocycles. The molecule has 0 radical (unpaired) electrons. The fraction of sp³-hybridized carbons (Fsp3) is 0.100. The number of hydrogen-bond donors (Lipinski definition) is 1. The Labute approximate surface area is 153 Å². The molecule has 3 aromatic rings. The largest absolute Gasteiger partial charge is 0.455 e. The maximum Gasteiger partial charge on any atom is 0.433 e. The van der Waals surface area contributed by atoms with Crippen molar-refractivity contribution in [3.8, 4) is 11.5 Å². The first kappa shape index (κ1) is 18.4. The zero-order chi connectivity index (χ0) is 19.4. The number of aryl methyl sites for hydroxylation is 1. The second-order valence-electron chi connectivity index (χ2n) is 5.69. The zero-order valence-corrected chi connectivity index (χ0v) is 14.2. The van der Waals surface area contributed by atoms with Gasteiger partial charge in [0.1, 0.15) is 11.4 Å². The highest BCUT2D eigenvalue weighted by atomic mass is 19.4. The van der Waals surface area contributed by atoms with E-state index in [1.165, 1.54) is 6.92 Å². The lowest BCUT2D eigenvalue weighted by molar-refractivity contribution is -0.141. The Morgan fingerprint density at radius 1 is 0.963 bits per heavy atom. The minimum Gasteiger partial charge on any atom is -0.455 e. The van der Waals surface area contributed by atoms with E-state index in [4.69, 9.17) is 4.74 Å². The summed E-state index contributed by atoms with van der Waals surface area (Å²) >= 11 is 0. The number of hydrogen-bond acceptors (Lipinski definition) is 3. The highest BCUT2D eigenvalue weighted by Crippen LogP contribution is 2.31. The summed E-state index contributed by atoms with van der Waals surface area (Å²) in [4.78, 5) is 16.0. The summed E-state index contributed by atoms with van der Waals surface area (Å²) < 4.78 is 43.9. The van der Waals surface area contributed by atoms with Gasteiger partial charge in [-0.3, -0.25) is 4.79 Å². The number of ether oxygens (including phenoxy) is 1. The molecule has 0 fully saturated rings. The third kappa shape index (κ3) is 4.44. The lowest BCUT2D eigenvalue weighted by atomic mass is 10.1. The lowest BCUT2D eigenvalue weighted by Crippen LogP contribution is -2.17. The van der Waals surface area contributed by atoms with E-state index in [9.17, 15) is 18.0 Å². The minimum absolute atomic E-state index is 0.0104. The predicted octanol–water partition coefficient (Wildman–Crippen LogP) is 5.45. The van der Waals surface area contributed by atoms with Gasteiger partial charge in [-0.2, -0.15) is 13.2 Å². The fourth-order valence-electron chi connectivity index (χ4n) is 2.42. The number of alkyl halides is 3. The van der Waals surface area contributed by atoms with Crippen molar-refractivity contribution in [1.82, 2.24) is 4.98 Å². The molecule has 4 nitrogen and oxygen atoms in total. The van der Waals surface area contributed by atoms with Gasteiger partial charge in [-0.05, 0) is 43.3 Å². The van der Waals surface area contributed by atoms with Crippen LogP contribution in [0.3, 0.4) is 0 Å². The second kappa shape index (κ2) is 7.49. The summed E-state index contributed by atoms with van der Waals surface area (Å²) in [6.07, 6.45) is -4.56. The van der Waals surface area contributed by atoms with Crippen molar-refractivity contribution in [2.24, 2.45) is 0 Å². The van der Waals surface area contributed by atoms with E-state index >= 15 is 0 Å². The standard InChI is InChI=1S/C20H15F3N2O2/c1-13-15(11-12-18(24-13)20(21,22)23)19(26)25-16-9-5-6-10-17(16)27-14-7-3-2-4-8-14/h2-12H,1H3,(H,25,26). The Morgan fingerprint density at radius 3 is 2.30 bits per heavy atom. The average Bonchev–Trinajstić information content (AvgIpc) is 2.63. The van der Waals surface area contributed by atoms with Gasteiger partial charge in [0.15, 0.2) is 5.75 Å². The van der Waals surface area contributed by atoms with Crippen LogP contribution >= 0.6 is 0 Å². The average molecular weight is 372 g/mol. The molecule has 7 heteroatoms. The van der Waals surface area contributed by atoms with Crippen molar-refractivity contribution in [2.75, 3.05) is 5.32 Å². The summed E-state index contributed by atoms with van der Waals surface area (Å²) in [6.45, 7) is 1.36. The summed E-state index contributed by atoms with van der Waals surface area (Å²) in [5, 5.41) is 2.66. The number of halogens is 3. The van der Waals surface area contributed by atoms with Crippen molar-refractivity contribution < 1.29 is 22.7 Å². The van der Waals surface area contributed by atoms with Gasteiger partial charge in [0, 0.05) is 0 Å². The number of pyridine rings is 1. The number of carbonyl (C=O) groups is 1. The van der Waals surface area contributed by atoms with Gasteiger partial charge in [-0.15, -0.1) is 0 Å². The van der Waals surface area contributed by atoms with Gasteiger partial charge >= 0.3 is 6.18 Å². The summed E-state index contributed by atoms with van der Waals surface area (Å²) in [5.74, 6) is 0.430. The molecule has 0 unspecified atom stereocenters. The molecule has 1 amide bonds. The van der Waals surface area contributed by atoms with Crippen LogP contribution in [0, 0.1) is 6.92 Å². The van der Waals surface area contributed by atoms with Crippen molar-refractivity contribution in [1.29, 1.82) is 0 Å². The number of amides is 1. The van der Waals surface area contributed by atoms with Crippen LogP contribution in [0.1, 0.15) is 21.7 Å². The number of para-hydroxylation sites is 3. The lowest BCUT2D eigenvalue weighted by Gasteiger charge is -2.13. The van der Waals surface area contributed by atoms with E-state index < -0.39 is 17.8 Å². The van der Waals surface area contributed by atoms with E-state index in [1.807, 2.05) is 18.2 Å². The van der Waals surface area contributed by atoms with Crippen LogP contribution in [0.2, 0.25) is 0 Å². The van der Waals surface area contributed by atoms with Crippen LogP contribution in [0.5, 0.6) is 11.5 Å². The Balaban J connectivity index is 1.83. The van der Waals surface area contributed by atoms with Gasteiger partial charge in [0.05, 0.1) is 16.9 Å². The van der Waals surface area contributed by atoms with Crippen LogP contribution in [0.25, 0.3) is 0 Å². The topological polar surface area (TPSA) is 51.2 Å². The van der Waals surface area contributed by atoms with Crippen LogP contribution in [-0.4, -0.2) is 10.9 Å². The second-order valence-corrected chi connectivity index (χ2v) is 5.69. The quantitative estimate of drug-likeness (QED) is 0.662. The molecule has 0 atom stereocenters. The molecule has 0 bridgehead atoms. The summed E-state index contributed by atoms with van der Waals surface area (Å²) in [6, 6.07) is 17.7. The van der Waals surface area contributed by atoms with E-state index in [0.29, 0.717) is 17.2 Å². The highest BCUT2D eigenvalue weighted by molar-refractivity contribution is 6.05. The highest BCUT2D eigenvalue weighted by Gasteiger charge is 2.33. The van der Waals surface area contributed by atoms with Gasteiger partial charge in [-0.1, -0.05) is 30.3 Å². The number of nitrogens with zero attached hydrogens (tertiary/aromatic N) is 1. The van der Waals surface area contributed by atoms with Crippen LogP contribution < -0.4 is 10.1 Å². The number of nitrogens with one attached hydrogen (secondary N) is 1. The zero-order valence-electron chi connectivity index (χ0n) is 14.2. The molecule has 1 N–H and O–H groups in total. The van der Waals surface area contributed by atoms with Crippen LogP contribution in [0.15, 0.2) is 66.7 Å². The van der Waals surface area contributed by atoms with E-state index in [2.05, 4.69) is 10.3 Å². The van der Waals surface area contributed by atoms with Gasteiger partial charge in [0.25, 0.3) is 5.91 Å². The van der Waals surface area contributed by atoms with Crippen molar-refractivity contribution in [3.63, 3.8) is 0 Å². The van der Waals surface area contributed by atoms with Crippen LogP contribution in [0.4, 0.5) is 18.9 Å². The third-order valence-corrected chi connectivity index (χ3v) is 3.73. The molecule has 0 aliphatic heterocycles. The molecule has 1 heterocycles. The Bertz CT molecular complexity index is 957. The maximum absolute atomic E-state index is 12.7. The molecule has 0 saturated heterocycles. The van der Waals surface area contributed by atoms with Crippen molar-refractivity contribution in [2.45, 2.75) is 13.1 Å². The molecule has 0 spiro atoms. The maximum atomic E-state index is 12.7. The number of benzene rings is 2. The minimum atomic E-state index is -4.56. The SMILES string of the molecule is Cc1nc(C(F)(F)F)ccc1C(=O)Nc1ccccc1Oc1ccccc1. The smallest absolute Gasteiger partial charge is 0.433 e. The Kier molecular flexibility index (Phi) is 5.12. The van der Waals surface area contributed by atoms with E-state index in [-0.39, 0.29) is 11.3 Å². The first-order valence-electron chi connectivity index (χ1n) is 8.03. The normalized spacial score (nSPS) is 11.1. The van der Waals surface area contributed by atoms with Gasteiger partial charge in [-0.25, -0.2) is 4.98 Å². The van der Waals surface area contributed by atoms with Gasteiger partial charge < -0.3 is 10.1 Å². The Hall–Kier alpha value is -3.35.